The fraction of sp³-hybridized carbons (Fsp3) is 0.375. The van der Waals surface area contributed by atoms with Crippen LogP contribution in [0.1, 0.15) is 23.2 Å². The third kappa shape index (κ3) is 7.13. The van der Waals surface area contributed by atoms with Gasteiger partial charge in [-0.2, -0.15) is 0 Å². The number of carbonyl (C=O) groups is 4. The fourth-order valence-electron chi connectivity index (χ4n) is 2.35. The van der Waals surface area contributed by atoms with Crippen molar-refractivity contribution in [2.75, 3.05) is 18.1 Å². The van der Waals surface area contributed by atoms with E-state index in [9.17, 15) is 33.0 Å². The molecule has 3 amide bonds. The quantitative estimate of drug-likeness (QED) is 0.0844. The molecule has 32 heavy (non-hydrogen) atoms. The minimum atomic E-state index is -2.78. The van der Waals surface area contributed by atoms with Gasteiger partial charge in [0.05, 0.1) is 18.4 Å². The number of hydrogen-bond acceptors (Lipinski definition) is 11. The van der Waals surface area contributed by atoms with Gasteiger partial charge in [0, 0.05) is 28.6 Å². The molecule has 13 nitrogen and oxygen atoms in total. The van der Waals surface area contributed by atoms with Gasteiger partial charge in [-0.25, -0.2) is 4.79 Å². The number of hydroxylamine groups is 2. The van der Waals surface area contributed by atoms with E-state index in [-0.39, 0.29) is 40.8 Å². The van der Waals surface area contributed by atoms with E-state index < -0.39 is 46.4 Å². The van der Waals surface area contributed by atoms with Crippen molar-refractivity contribution in [2.24, 2.45) is 5.11 Å². The second-order valence-corrected chi connectivity index (χ2v) is 9.78. The maximum atomic E-state index is 12.0. The predicted molar refractivity (Wildman–Crippen MR) is 114 cm³/mol. The van der Waals surface area contributed by atoms with Crippen LogP contribution in [0.2, 0.25) is 0 Å². The number of nitrogens with one attached hydrogen (secondary N) is 1. The van der Waals surface area contributed by atoms with Gasteiger partial charge in [0.2, 0.25) is 0 Å². The minimum Gasteiger partial charge on any atom is -0.772 e. The van der Waals surface area contributed by atoms with Crippen LogP contribution >= 0.6 is 21.6 Å². The molecule has 1 fully saturated rings. The van der Waals surface area contributed by atoms with E-state index in [0.29, 0.717) is 5.75 Å². The molecule has 0 aliphatic carbocycles. The molecule has 1 aliphatic rings. The number of hydrogen-bond donors (Lipinski definition) is 2. The Kier molecular flexibility index (Phi) is 9.80. The van der Waals surface area contributed by atoms with E-state index in [1.54, 1.807) is 0 Å². The van der Waals surface area contributed by atoms with Gasteiger partial charge in [-0.05, 0) is 28.7 Å². The van der Waals surface area contributed by atoms with Gasteiger partial charge >= 0.3 is 5.97 Å². The third-order valence-corrected chi connectivity index (χ3v) is 7.06. The predicted octanol–water partition coefficient (Wildman–Crippen LogP) is 1.30. The smallest absolute Gasteiger partial charge is 0.334 e. The van der Waals surface area contributed by atoms with E-state index in [1.807, 2.05) is 0 Å². The molecule has 1 saturated heterocycles. The number of rotatable bonds is 11. The summed E-state index contributed by atoms with van der Waals surface area (Å²) < 4.78 is 21.7. The average Bonchev–Trinajstić information content (AvgIpc) is 3.01. The zero-order valence-electron chi connectivity index (χ0n) is 16.2. The van der Waals surface area contributed by atoms with Crippen molar-refractivity contribution >= 4 is 62.0 Å². The number of amides is 3. The first-order valence-electron chi connectivity index (χ1n) is 8.81. The molecule has 16 heteroatoms. The van der Waals surface area contributed by atoms with Crippen LogP contribution in [0, 0.1) is 0 Å². The first-order valence-corrected chi connectivity index (χ1v) is 12.4. The van der Waals surface area contributed by atoms with Crippen molar-refractivity contribution in [3.8, 4) is 5.75 Å². The summed E-state index contributed by atoms with van der Waals surface area (Å²) in [5.41, 5.74) is 8.55. The van der Waals surface area contributed by atoms with Gasteiger partial charge in [-0.1, -0.05) is 32.8 Å². The lowest BCUT2D eigenvalue weighted by Gasteiger charge is -2.14. The SMILES string of the molecule is [N-]=[N+]=Nc1ccc(C(=O)NCCSSCCC(=O)ON2C(=O)CC(S(=O)[O-])C2=O)c(O)c1. The van der Waals surface area contributed by atoms with Gasteiger partial charge in [-0.3, -0.25) is 18.6 Å². The first kappa shape index (κ1) is 25.5. The second-order valence-electron chi connectivity index (χ2n) is 5.98. The Bertz CT molecular complexity index is 984. The number of nitrogens with zero attached hydrogens (tertiary/aromatic N) is 4. The highest BCUT2D eigenvalue weighted by atomic mass is 33.1. The topological polar surface area (TPSA) is 202 Å². The maximum absolute atomic E-state index is 12.0. The molecule has 2 atom stereocenters. The average molecular weight is 503 g/mol. The summed E-state index contributed by atoms with van der Waals surface area (Å²) in [5, 5.41) is 14.4. The molecule has 0 spiro atoms. The molecule has 0 radical (unpaired) electrons. The summed E-state index contributed by atoms with van der Waals surface area (Å²) in [4.78, 5) is 54.3. The Hall–Kier alpha value is -2.78. The van der Waals surface area contributed by atoms with Gasteiger partial charge < -0.3 is 19.8 Å². The normalized spacial score (nSPS) is 16.4. The summed E-state index contributed by atoms with van der Waals surface area (Å²) in [6, 6.07) is 3.89. The number of azide groups is 1. The third-order valence-electron chi connectivity index (χ3n) is 3.82. The summed E-state index contributed by atoms with van der Waals surface area (Å²) in [6.07, 6.45) is -0.689. The summed E-state index contributed by atoms with van der Waals surface area (Å²) >= 11 is -2.78. The van der Waals surface area contributed by atoms with Crippen LogP contribution in [-0.4, -0.2) is 65.9 Å². The van der Waals surface area contributed by atoms with E-state index >= 15 is 0 Å². The minimum absolute atomic E-state index is 0.0244. The molecule has 1 heterocycles. The molecule has 172 valence electrons. The van der Waals surface area contributed by atoms with Crippen LogP contribution in [-0.2, 0) is 30.3 Å². The number of benzene rings is 1. The lowest BCUT2D eigenvalue weighted by atomic mass is 10.1. The van der Waals surface area contributed by atoms with Gasteiger partial charge in [0.25, 0.3) is 17.7 Å². The Labute approximate surface area is 191 Å². The molecular formula is C16H16N5O8S3-. The molecular weight excluding hydrogens is 486 g/mol. The molecule has 1 aromatic rings. The van der Waals surface area contributed by atoms with Crippen molar-refractivity contribution < 1.29 is 37.9 Å². The monoisotopic (exact) mass is 502 g/mol. The second kappa shape index (κ2) is 12.3. The largest absolute Gasteiger partial charge is 0.772 e. The first-order chi connectivity index (χ1) is 15.2. The zero-order chi connectivity index (χ0) is 23.7. The van der Waals surface area contributed by atoms with Crippen molar-refractivity contribution in [3.63, 3.8) is 0 Å². The highest BCUT2D eigenvalue weighted by Gasteiger charge is 2.42. The standard InChI is InChI=1S/C16H17N5O8S3/c17-20-19-9-1-2-10(11(22)7-9)15(25)18-4-6-31-30-5-3-14(24)29-21-13(23)8-12(16(21)26)32(27)28/h1-2,7,12,22H,3-6,8H2,(H,18,25)(H,27,28)/p-1. The van der Waals surface area contributed by atoms with E-state index in [0.717, 1.165) is 0 Å². The highest BCUT2D eigenvalue weighted by Crippen LogP contribution is 2.25. The number of imide groups is 1. The molecule has 1 aromatic carbocycles. The van der Waals surface area contributed by atoms with Gasteiger partial charge in [0.1, 0.15) is 11.0 Å². The molecule has 0 saturated carbocycles. The molecule has 0 bridgehead atoms. The maximum Gasteiger partial charge on any atom is 0.334 e. The zero-order valence-corrected chi connectivity index (χ0v) is 18.6. The number of carbonyl (C=O) groups excluding carboxylic acids is 4. The molecule has 2 unspecified atom stereocenters. The van der Waals surface area contributed by atoms with Crippen LogP contribution in [0.4, 0.5) is 5.69 Å². The van der Waals surface area contributed by atoms with Crippen molar-refractivity contribution in [3.05, 3.63) is 34.2 Å². The fourth-order valence-corrected chi connectivity index (χ4v) is 4.76. The number of aromatic hydroxyl groups is 1. The Balaban J connectivity index is 1.62. The molecule has 2 rings (SSSR count). The van der Waals surface area contributed by atoms with E-state index in [1.165, 1.54) is 39.8 Å². The molecule has 1 aliphatic heterocycles. The van der Waals surface area contributed by atoms with E-state index in [4.69, 9.17) is 5.53 Å². The molecule has 0 aromatic heterocycles. The van der Waals surface area contributed by atoms with Crippen LogP contribution in [0.5, 0.6) is 5.75 Å². The van der Waals surface area contributed by atoms with Crippen LogP contribution in [0.3, 0.4) is 0 Å². The van der Waals surface area contributed by atoms with E-state index in [2.05, 4.69) is 20.2 Å². The van der Waals surface area contributed by atoms with Crippen molar-refractivity contribution in [1.29, 1.82) is 0 Å². The van der Waals surface area contributed by atoms with Gasteiger partial charge in [0.15, 0.2) is 0 Å². The lowest BCUT2D eigenvalue weighted by Crippen LogP contribution is -2.35. The van der Waals surface area contributed by atoms with Crippen LogP contribution in [0.15, 0.2) is 23.3 Å². The summed E-state index contributed by atoms with van der Waals surface area (Å²) in [5.74, 6) is -2.92. The summed E-state index contributed by atoms with van der Waals surface area (Å²) in [6.45, 7) is 0.267. The number of phenolic OH excluding ortho intramolecular Hbond substituents is 1. The Morgan fingerprint density at radius 1 is 1.38 bits per heavy atom. The Morgan fingerprint density at radius 2 is 2.09 bits per heavy atom. The number of phenols is 1. The van der Waals surface area contributed by atoms with Crippen LogP contribution < -0.4 is 5.32 Å². The summed E-state index contributed by atoms with van der Waals surface area (Å²) in [7, 11) is 2.63. The van der Waals surface area contributed by atoms with Crippen LogP contribution in [0.25, 0.3) is 10.4 Å². The van der Waals surface area contributed by atoms with Crippen molar-refractivity contribution in [2.45, 2.75) is 18.1 Å². The lowest BCUT2D eigenvalue weighted by molar-refractivity contribution is -0.197. The van der Waals surface area contributed by atoms with Crippen molar-refractivity contribution in [1.82, 2.24) is 10.4 Å². The van der Waals surface area contributed by atoms with Gasteiger partial charge in [-0.15, -0.1) is 5.06 Å². The highest BCUT2D eigenvalue weighted by molar-refractivity contribution is 8.76. The molecule has 2 N–H and O–H groups in total. The Morgan fingerprint density at radius 3 is 2.72 bits per heavy atom.